The van der Waals surface area contributed by atoms with E-state index in [-0.39, 0.29) is 18.4 Å². The fourth-order valence-electron chi connectivity index (χ4n) is 4.00. The highest BCUT2D eigenvalue weighted by Gasteiger charge is 2.29. The molecule has 0 saturated carbocycles. The van der Waals surface area contributed by atoms with Gasteiger partial charge in [0.1, 0.15) is 6.61 Å². The van der Waals surface area contributed by atoms with Crippen LogP contribution in [0.3, 0.4) is 0 Å². The maximum atomic E-state index is 12.6. The largest absolute Gasteiger partial charge is 0.449 e. The number of aliphatic imine (C=N–C) groups is 1. The van der Waals surface area contributed by atoms with Crippen LogP contribution in [0.25, 0.3) is 11.1 Å². The van der Waals surface area contributed by atoms with Crippen molar-refractivity contribution < 1.29 is 14.3 Å². The van der Waals surface area contributed by atoms with E-state index in [2.05, 4.69) is 55.7 Å². The number of benzene rings is 2. The lowest BCUT2D eigenvalue weighted by Crippen LogP contribution is -2.39. The molecule has 2 amide bonds. The summed E-state index contributed by atoms with van der Waals surface area (Å²) in [5.74, 6) is 0.394. The van der Waals surface area contributed by atoms with E-state index in [0.29, 0.717) is 18.9 Å². The smallest absolute Gasteiger partial charge is 0.407 e. The molecule has 34 heavy (non-hydrogen) atoms. The first-order chi connectivity index (χ1) is 16.5. The van der Waals surface area contributed by atoms with Gasteiger partial charge in [0.25, 0.3) is 0 Å². The number of carbonyl (C=O) groups is 2. The van der Waals surface area contributed by atoms with Crippen LogP contribution < -0.4 is 21.4 Å². The van der Waals surface area contributed by atoms with Gasteiger partial charge in [0.05, 0.1) is 6.04 Å². The minimum absolute atomic E-state index is 0.0119. The molecule has 0 saturated heterocycles. The molecule has 180 valence electrons. The minimum atomic E-state index is -0.528. The third-order valence-corrected chi connectivity index (χ3v) is 5.57. The quantitative estimate of drug-likeness (QED) is 0.197. The summed E-state index contributed by atoms with van der Waals surface area (Å²) in [4.78, 5) is 27.8. The third kappa shape index (κ3) is 6.57. The van der Waals surface area contributed by atoms with E-state index in [4.69, 9.17) is 4.74 Å². The van der Waals surface area contributed by atoms with E-state index < -0.39 is 12.1 Å². The molecule has 9 nitrogen and oxygen atoms in total. The molecule has 3 rings (SSSR count). The molecular weight excluding hydrogens is 432 g/mol. The Bertz CT molecular complexity index is 1010. The number of fused-ring (bicyclic) bond motifs is 3. The van der Waals surface area contributed by atoms with Crippen molar-refractivity contribution in [2.24, 2.45) is 10.1 Å². The van der Waals surface area contributed by atoms with Crippen LogP contribution in [-0.2, 0) is 9.53 Å². The Balaban J connectivity index is 1.58. The Morgan fingerprint density at radius 2 is 1.74 bits per heavy atom. The highest BCUT2D eigenvalue weighted by Crippen LogP contribution is 2.44. The van der Waals surface area contributed by atoms with Crippen LogP contribution >= 0.6 is 0 Å². The summed E-state index contributed by atoms with van der Waals surface area (Å²) >= 11 is 0. The van der Waals surface area contributed by atoms with Gasteiger partial charge in [0.2, 0.25) is 5.91 Å². The molecule has 2 aromatic rings. The molecule has 0 unspecified atom stereocenters. The lowest BCUT2D eigenvalue weighted by atomic mass is 9.98. The van der Waals surface area contributed by atoms with Crippen molar-refractivity contribution in [2.75, 3.05) is 27.2 Å². The number of guanidine groups is 1. The monoisotopic (exact) mass is 464 g/mol. The van der Waals surface area contributed by atoms with Gasteiger partial charge in [0.15, 0.2) is 5.96 Å². The highest BCUT2D eigenvalue weighted by molar-refractivity contribution is 5.80. The maximum Gasteiger partial charge on any atom is 0.407 e. The lowest BCUT2D eigenvalue weighted by Gasteiger charge is -2.18. The molecule has 0 fully saturated rings. The van der Waals surface area contributed by atoms with E-state index in [9.17, 15) is 9.59 Å². The van der Waals surface area contributed by atoms with Gasteiger partial charge in [-0.2, -0.15) is 5.10 Å². The van der Waals surface area contributed by atoms with Gasteiger partial charge < -0.3 is 20.7 Å². The number of amides is 2. The molecule has 0 aromatic heterocycles. The normalized spacial score (nSPS) is 13.7. The predicted octanol–water partition coefficient (Wildman–Crippen LogP) is 2.59. The van der Waals surface area contributed by atoms with Crippen molar-refractivity contribution in [3.8, 4) is 11.1 Å². The van der Waals surface area contributed by atoms with Crippen molar-refractivity contribution in [2.45, 2.75) is 31.7 Å². The molecule has 9 heteroatoms. The number of alkyl carbamates (subject to hydrolysis) is 1. The average Bonchev–Trinajstić information content (AvgIpc) is 3.16. The summed E-state index contributed by atoms with van der Waals surface area (Å²) < 4.78 is 5.63. The Kier molecular flexibility index (Phi) is 9.02. The van der Waals surface area contributed by atoms with E-state index in [1.165, 1.54) is 24.3 Å². The van der Waals surface area contributed by atoms with Crippen molar-refractivity contribution in [1.82, 2.24) is 21.4 Å². The van der Waals surface area contributed by atoms with Gasteiger partial charge in [-0.25, -0.2) is 10.2 Å². The zero-order valence-electron chi connectivity index (χ0n) is 19.8. The zero-order valence-corrected chi connectivity index (χ0v) is 19.8. The lowest BCUT2D eigenvalue weighted by molar-refractivity contribution is -0.118. The number of carbonyl (C=O) groups excluding carboxylic acids is 2. The second kappa shape index (κ2) is 12.4. The van der Waals surface area contributed by atoms with Crippen LogP contribution in [0.4, 0.5) is 4.79 Å². The molecule has 0 heterocycles. The number of hydrazone groups is 1. The van der Waals surface area contributed by atoms with Gasteiger partial charge in [-0.15, -0.1) is 0 Å². The van der Waals surface area contributed by atoms with Crippen LogP contribution in [-0.4, -0.2) is 57.5 Å². The topological polar surface area (TPSA) is 116 Å². The van der Waals surface area contributed by atoms with Crippen molar-refractivity contribution in [3.63, 3.8) is 0 Å². The molecule has 4 N–H and O–H groups in total. The first-order valence-corrected chi connectivity index (χ1v) is 11.3. The Hall–Kier alpha value is -3.88. The Labute approximate surface area is 200 Å². The average molecular weight is 465 g/mol. The highest BCUT2D eigenvalue weighted by atomic mass is 16.5. The fraction of sp³-hybridized carbons (Fsp3) is 0.360. The first-order valence-electron chi connectivity index (χ1n) is 11.3. The molecule has 1 atom stereocenters. The van der Waals surface area contributed by atoms with E-state index in [1.54, 1.807) is 14.1 Å². The number of rotatable bonds is 9. The second-order valence-corrected chi connectivity index (χ2v) is 7.91. The number of nitrogens with one attached hydrogen (secondary N) is 4. The van der Waals surface area contributed by atoms with Crippen LogP contribution in [0.1, 0.15) is 36.8 Å². The van der Waals surface area contributed by atoms with Crippen LogP contribution in [0.2, 0.25) is 0 Å². The van der Waals surface area contributed by atoms with Gasteiger partial charge >= 0.3 is 6.09 Å². The number of hydrogen-bond acceptors (Lipinski definition) is 5. The molecular formula is C25H32N6O3. The van der Waals surface area contributed by atoms with E-state index in [0.717, 1.165) is 17.5 Å². The second-order valence-electron chi connectivity index (χ2n) is 7.91. The van der Waals surface area contributed by atoms with Crippen LogP contribution in [0.15, 0.2) is 58.6 Å². The predicted molar refractivity (Wildman–Crippen MR) is 134 cm³/mol. The van der Waals surface area contributed by atoms with Crippen molar-refractivity contribution in [1.29, 1.82) is 0 Å². The standard InChI is InChI=1S/C25H32N6O3/c1-17(32)31-29-15-18(9-8-14-28-24(26-2)27-3)30-25(33)34-16-23-21-12-6-4-10-19(21)20-11-5-7-13-22(20)23/h4-7,10-13,15,18,23H,8-9,14,16H2,1-3H3,(H,30,33)(H,31,32)(H2,26,27,28)/b29-15+/t18-/m0/s1. The summed E-state index contributed by atoms with van der Waals surface area (Å²) in [5, 5.41) is 12.9. The summed E-state index contributed by atoms with van der Waals surface area (Å²) in [6, 6.07) is 16.0. The summed E-state index contributed by atoms with van der Waals surface area (Å²) in [5.41, 5.74) is 7.04. The van der Waals surface area contributed by atoms with Crippen LogP contribution in [0.5, 0.6) is 0 Å². The van der Waals surface area contributed by atoms with Gasteiger partial charge in [-0.1, -0.05) is 48.5 Å². The fourth-order valence-corrected chi connectivity index (χ4v) is 4.00. The molecule has 1 aliphatic rings. The molecule has 0 spiro atoms. The summed E-state index contributed by atoms with van der Waals surface area (Å²) in [6.45, 7) is 2.26. The number of hydrogen-bond donors (Lipinski definition) is 4. The third-order valence-electron chi connectivity index (χ3n) is 5.57. The SMILES string of the molecule is CN=C(NC)NCCC[C@@H](/C=N/NC(C)=O)NC(=O)OCC1c2ccccc2-c2ccccc21. The zero-order chi connectivity index (χ0) is 24.3. The van der Waals surface area contributed by atoms with Crippen molar-refractivity contribution >= 4 is 24.2 Å². The Morgan fingerprint density at radius 1 is 1.09 bits per heavy atom. The summed E-state index contributed by atoms with van der Waals surface area (Å²) in [6.07, 6.45) is 2.32. The molecule has 0 aliphatic heterocycles. The van der Waals surface area contributed by atoms with Gasteiger partial charge in [-0.3, -0.25) is 9.79 Å². The maximum absolute atomic E-state index is 12.6. The molecule has 2 aromatic carbocycles. The van der Waals surface area contributed by atoms with Crippen LogP contribution in [0, 0.1) is 0 Å². The van der Waals surface area contributed by atoms with E-state index in [1.807, 2.05) is 24.3 Å². The minimum Gasteiger partial charge on any atom is -0.449 e. The summed E-state index contributed by atoms with van der Waals surface area (Å²) in [7, 11) is 3.48. The van der Waals surface area contributed by atoms with Gasteiger partial charge in [0, 0.05) is 39.7 Å². The molecule has 1 aliphatic carbocycles. The first kappa shape index (κ1) is 24.8. The van der Waals surface area contributed by atoms with Gasteiger partial charge in [-0.05, 0) is 35.1 Å². The number of nitrogens with zero attached hydrogens (tertiary/aromatic N) is 2. The molecule has 0 radical (unpaired) electrons. The molecule has 0 bridgehead atoms. The van der Waals surface area contributed by atoms with Crippen molar-refractivity contribution in [3.05, 3.63) is 59.7 Å². The number of ether oxygens (including phenoxy) is 1. The van der Waals surface area contributed by atoms with E-state index >= 15 is 0 Å². The Morgan fingerprint density at radius 3 is 2.32 bits per heavy atom.